The van der Waals surface area contributed by atoms with Crippen LogP contribution >= 0.6 is 11.6 Å². The molecule has 0 radical (unpaired) electrons. The van der Waals surface area contributed by atoms with Crippen LogP contribution in [0.15, 0.2) is 42.5 Å². The average molecular weight is 392 g/mol. The SMILES string of the molecule is COc1cc(C(=O)N(C)CCCC(=O)O)ccc1OCc1ccc(Cl)cc1. The monoisotopic (exact) mass is 391 g/mol. The van der Waals surface area contributed by atoms with Crippen LogP contribution in [0.4, 0.5) is 0 Å². The number of carboxylic acid groups (broad SMARTS) is 1. The fraction of sp³-hybridized carbons (Fsp3) is 0.300. The van der Waals surface area contributed by atoms with E-state index in [1.807, 2.05) is 12.1 Å². The van der Waals surface area contributed by atoms with Crippen LogP contribution in [0, 0.1) is 0 Å². The number of aliphatic carboxylic acids is 1. The molecule has 0 aliphatic heterocycles. The lowest BCUT2D eigenvalue weighted by molar-refractivity contribution is -0.137. The predicted molar refractivity (Wildman–Crippen MR) is 103 cm³/mol. The van der Waals surface area contributed by atoms with Gasteiger partial charge < -0.3 is 19.5 Å². The summed E-state index contributed by atoms with van der Waals surface area (Å²) in [7, 11) is 3.15. The van der Waals surface area contributed by atoms with Gasteiger partial charge in [-0.05, 0) is 42.3 Å². The number of halogens is 1. The highest BCUT2D eigenvalue weighted by atomic mass is 35.5. The van der Waals surface area contributed by atoms with Gasteiger partial charge in [-0.1, -0.05) is 23.7 Å². The maximum absolute atomic E-state index is 12.5. The molecule has 0 spiro atoms. The molecule has 0 unspecified atom stereocenters. The van der Waals surface area contributed by atoms with Crippen molar-refractivity contribution in [1.29, 1.82) is 0 Å². The number of hydrogen-bond acceptors (Lipinski definition) is 4. The van der Waals surface area contributed by atoms with E-state index in [2.05, 4.69) is 0 Å². The summed E-state index contributed by atoms with van der Waals surface area (Å²) < 4.78 is 11.1. The van der Waals surface area contributed by atoms with Crippen LogP contribution in [-0.2, 0) is 11.4 Å². The molecule has 0 saturated heterocycles. The summed E-state index contributed by atoms with van der Waals surface area (Å²) in [4.78, 5) is 24.6. The van der Waals surface area contributed by atoms with Gasteiger partial charge in [0.25, 0.3) is 5.91 Å². The molecule has 2 aromatic rings. The zero-order valence-electron chi connectivity index (χ0n) is 15.3. The Labute approximate surface area is 163 Å². The van der Waals surface area contributed by atoms with E-state index in [-0.39, 0.29) is 12.3 Å². The van der Waals surface area contributed by atoms with E-state index in [1.54, 1.807) is 37.4 Å². The molecule has 2 rings (SSSR count). The van der Waals surface area contributed by atoms with Crippen molar-refractivity contribution in [3.63, 3.8) is 0 Å². The van der Waals surface area contributed by atoms with Crippen molar-refractivity contribution in [2.75, 3.05) is 20.7 Å². The van der Waals surface area contributed by atoms with Gasteiger partial charge in [0.2, 0.25) is 0 Å². The van der Waals surface area contributed by atoms with Crippen LogP contribution in [0.5, 0.6) is 11.5 Å². The molecular weight excluding hydrogens is 370 g/mol. The molecule has 0 heterocycles. The lowest BCUT2D eigenvalue weighted by Crippen LogP contribution is -2.28. The highest BCUT2D eigenvalue weighted by Crippen LogP contribution is 2.29. The van der Waals surface area contributed by atoms with Crippen molar-refractivity contribution in [3.05, 3.63) is 58.6 Å². The summed E-state index contributed by atoms with van der Waals surface area (Å²) >= 11 is 5.87. The number of nitrogens with zero attached hydrogens (tertiary/aromatic N) is 1. The summed E-state index contributed by atoms with van der Waals surface area (Å²) in [6, 6.07) is 12.3. The first kappa shape index (κ1) is 20.6. The van der Waals surface area contributed by atoms with Gasteiger partial charge in [-0.15, -0.1) is 0 Å². The Morgan fingerprint density at radius 3 is 2.44 bits per heavy atom. The minimum atomic E-state index is -0.875. The summed E-state index contributed by atoms with van der Waals surface area (Å²) in [6.07, 6.45) is 0.426. The molecule has 7 heteroatoms. The summed E-state index contributed by atoms with van der Waals surface area (Å²) in [5.74, 6) is -0.103. The van der Waals surface area contributed by atoms with E-state index in [4.69, 9.17) is 26.2 Å². The zero-order chi connectivity index (χ0) is 19.8. The second kappa shape index (κ2) is 9.83. The minimum Gasteiger partial charge on any atom is -0.493 e. The standard InChI is InChI=1S/C20H22ClNO5/c1-22(11-3-4-19(23)24)20(25)15-7-10-17(18(12-15)26-2)27-13-14-5-8-16(21)9-6-14/h5-10,12H,3-4,11,13H2,1-2H3,(H,23,24). The normalized spacial score (nSPS) is 10.3. The second-order valence-electron chi connectivity index (χ2n) is 6.00. The number of methoxy groups -OCH3 is 1. The number of hydrogen-bond donors (Lipinski definition) is 1. The summed E-state index contributed by atoms with van der Waals surface area (Å²) in [5, 5.41) is 9.35. The van der Waals surface area contributed by atoms with Crippen molar-refractivity contribution < 1.29 is 24.2 Å². The summed E-state index contributed by atoms with van der Waals surface area (Å²) in [5.41, 5.74) is 1.41. The molecular formula is C20H22ClNO5. The lowest BCUT2D eigenvalue weighted by Gasteiger charge is -2.18. The van der Waals surface area contributed by atoms with E-state index in [0.29, 0.717) is 41.7 Å². The molecule has 1 amide bonds. The van der Waals surface area contributed by atoms with Crippen LogP contribution in [-0.4, -0.2) is 42.6 Å². The highest BCUT2D eigenvalue weighted by molar-refractivity contribution is 6.30. The molecule has 0 saturated carbocycles. The van der Waals surface area contributed by atoms with Crippen molar-refractivity contribution in [1.82, 2.24) is 4.90 Å². The number of rotatable bonds is 9. The molecule has 27 heavy (non-hydrogen) atoms. The van der Waals surface area contributed by atoms with Crippen molar-refractivity contribution in [2.45, 2.75) is 19.4 Å². The topological polar surface area (TPSA) is 76.1 Å². The van der Waals surface area contributed by atoms with Crippen LogP contribution in [0.1, 0.15) is 28.8 Å². The van der Waals surface area contributed by atoms with Crippen molar-refractivity contribution >= 4 is 23.5 Å². The highest BCUT2D eigenvalue weighted by Gasteiger charge is 2.15. The van der Waals surface area contributed by atoms with Gasteiger partial charge in [0.05, 0.1) is 7.11 Å². The van der Waals surface area contributed by atoms with Crippen molar-refractivity contribution in [2.24, 2.45) is 0 Å². The third-order valence-electron chi connectivity index (χ3n) is 3.95. The molecule has 144 valence electrons. The third kappa shape index (κ3) is 6.18. The molecule has 0 aliphatic rings. The largest absolute Gasteiger partial charge is 0.493 e. The fourth-order valence-electron chi connectivity index (χ4n) is 2.45. The predicted octanol–water partition coefficient (Wildman–Crippen LogP) is 3.86. The van der Waals surface area contributed by atoms with E-state index >= 15 is 0 Å². The number of ether oxygens (including phenoxy) is 2. The quantitative estimate of drug-likeness (QED) is 0.702. The van der Waals surface area contributed by atoms with Crippen LogP contribution in [0.2, 0.25) is 5.02 Å². The Hall–Kier alpha value is -2.73. The van der Waals surface area contributed by atoms with Crippen molar-refractivity contribution in [3.8, 4) is 11.5 Å². The third-order valence-corrected chi connectivity index (χ3v) is 4.20. The van der Waals surface area contributed by atoms with Crippen LogP contribution in [0.25, 0.3) is 0 Å². The molecule has 0 bridgehead atoms. The zero-order valence-corrected chi connectivity index (χ0v) is 16.0. The Balaban J connectivity index is 2.02. The number of benzene rings is 2. The first-order chi connectivity index (χ1) is 12.9. The number of carboxylic acids is 1. The van der Waals surface area contributed by atoms with Gasteiger partial charge >= 0.3 is 5.97 Å². The average Bonchev–Trinajstić information content (AvgIpc) is 2.66. The fourth-order valence-corrected chi connectivity index (χ4v) is 2.58. The van der Waals surface area contributed by atoms with E-state index in [0.717, 1.165) is 5.56 Å². The molecule has 0 fully saturated rings. The van der Waals surface area contributed by atoms with Gasteiger partial charge in [0.15, 0.2) is 11.5 Å². The van der Waals surface area contributed by atoms with Gasteiger partial charge in [0.1, 0.15) is 6.61 Å². The first-order valence-electron chi connectivity index (χ1n) is 8.43. The van der Waals surface area contributed by atoms with E-state index in [1.165, 1.54) is 12.0 Å². The van der Waals surface area contributed by atoms with Gasteiger partial charge in [-0.3, -0.25) is 9.59 Å². The van der Waals surface area contributed by atoms with Crippen LogP contribution in [0.3, 0.4) is 0 Å². The molecule has 1 N–H and O–H groups in total. The molecule has 6 nitrogen and oxygen atoms in total. The summed E-state index contributed by atoms with van der Waals surface area (Å²) in [6.45, 7) is 0.707. The maximum Gasteiger partial charge on any atom is 0.303 e. The number of carbonyl (C=O) groups excluding carboxylic acids is 1. The molecule has 0 aliphatic carbocycles. The second-order valence-corrected chi connectivity index (χ2v) is 6.44. The van der Waals surface area contributed by atoms with E-state index in [9.17, 15) is 9.59 Å². The van der Waals surface area contributed by atoms with Gasteiger partial charge in [-0.2, -0.15) is 0 Å². The Kier molecular flexibility index (Phi) is 7.49. The smallest absolute Gasteiger partial charge is 0.303 e. The van der Waals surface area contributed by atoms with Gasteiger partial charge in [0, 0.05) is 30.6 Å². The maximum atomic E-state index is 12.5. The number of amides is 1. The molecule has 0 atom stereocenters. The lowest BCUT2D eigenvalue weighted by atomic mass is 10.1. The van der Waals surface area contributed by atoms with E-state index < -0.39 is 5.97 Å². The minimum absolute atomic E-state index is 0.0262. The Bertz CT molecular complexity index is 791. The molecule has 2 aromatic carbocycles. The van der Waals surface area contributed by atoms with Crippen LogP contribution < -0.4 is 9.47 Å². The Morgan fingerprint density at radius 2 is 1.81 bits per heavy atom. The number of carbonyl (C=O) groups is 2. The van der Waals surface area contributed by atoms with Gasteiger partial charge in [-0.25, -0.2) is 0 Å². The Morgan fingerprint density at radius 1 is 1.11 bits per heavy atom. The molecule has 0 aromatic heterocycles. The first-order valence-corrected chi connectivity index (χ1v) is 8.81.